The second-order valence-electron chi connectivity index (χ2n) is 5.45. The van der Waals surface area contributed by atoms with E-state index in [9.17, 15) is 9.59 Å². The van der Waals surface area contributed by atoms with Gasteiger partial charge in [0, 0.05) is 29.4 Å². The van der Waals surface area contributed by atoms with Crippen LogP contribution in [0.2, 0.25) is 0 Å². The number of nitrogens with one attached hydrogen (secondary N) is 1. The maximum absolute atomic E-state index is 12.3. The van der Waals surface area contributed by atoms with Crippen molar-refractivity contribution in [2.45, 2.75) is 18.2 Å². The lowest BCUT2D eigenvalue weighted by Gasteiger charge is -2.05. The molecule has 0 fully saturated rings. The molecule has 0 radical (unpaired) electrons. The SMILES string of the molecule is O=C(NCc1csc(-c2ccccc2)n1)c1cnc2n(c1=O)CCS2. The lowest BCUT2D eigenvalue weighted by Crippen LogP contribution is -2.33. The molecular weight excluding hydrogens is 356 g/mol. The van der Waals surface area contributed by atoms with E-state index >= 15 is 0 Å². The van der Waals surface area contributed by atoms with E-state index in [4.69, 9.17) is 0 Å². The first-order chi connectivity index (χ1) is 12.2. The van der Waals surface area contributed by atoms with Gasteiger partial charge in [-0.3, -0.25) is 14.2 Å². The Bertz CT molecular complexity index is 982. The average molecular weight is 370 g/mol. The normalized spacial score (nSPS) is 12.8. The fourth-order valence-corrected chi connectivity index (χ4v) is 4.28. The molecule has 1 aliphatic heterocycles. The van der Waals surface area contributed by atoms with Gasteiger partial charge in [0.1, 0.15) is 10.6 Å². The molecule has 0 aliphatic carbocycles. The highest BCUT2D eigenvalue weighted by Crippen LogP contribution is 2.23. The van der Waals surface area contributed by atoms with Crippen LogP contribution >= 0.6 is 23.1 Å². The summed E-state index contributed by atoms with van der Waals surface area (Å²) in [6.45, 7) is 0.873. The van der Waals surface area contributed by atoms with Crippen molar-refractivity contribution in [2.75, 3.05) is 5.75 Å². The van der Waals surface area contributed by atoms with Crippen LogP contribution in [0.25, 0.3) is 10.6 Å². The number of amides is 1. The fourth-order valence-electron chi connectivity index (χ4n) is 2.54. The third-order valence-corrected chi connectivity index (χ3v) is 5.71. The number of fused-ring (bicyclic) bond motifs is 1. The first-order valence-corrected chi connectivity index (χ1v) is 9.59. The Kier molecular flexibility index (Phi) is 4.37. The third-order valence-electron chi connectivity index (χ3n) is 3.80. The van der Waals surface area contributed by atoms with Gasteiger partial charge in [0.25, 0.3) is 11.5 Å². The monoisotopic (exact) mass is 370 g/mol. The summed E-state index contributed by atoms with van der Waals surface area (Å²) >= 11 is 3.05. The summed E-state index contributed by atoms with van der Waals surface area (Å²) in [5.74, 6) is 0.396. The molecule has 0 bridgehead atoms. The molecule has 8 heteroatoms. The Labute approximate surface area is 152 Å². The van der Waals surface area contributed by atoms with E-state index in [2.05, 4.69) is 15.3 Å². The van der Waals surface area contributed by atoms with Crippen molar-refractivity contribution in [3.8, 4) is 10.6 Å². The Morgan fingerprint density at radius 2 is 2.12 bits per heavy atom. The maximum Gasteiger partial charge on any atom is 0.267 e. The molecule has 0 atom stereocenters. The van der Waals surface area contributed by atoms with Crippen molar-refractivity contribution in [2.24, 2.45) is 0 Å². The minimum atomic E-state index is -0.418. The number of thioether (sulfide) groups is 1. The van der Waals surface area contributed by atoms with Gasteiger partial charge in [0.2, 0.25) is 0 Å². The van der Waals surface area contributed by atoms with Crippen molar-refractivity contribution in [3.63, 3.8) is 0 Å². The molecule has 3 aromatic rings. The number of hydrogen-bond acceptors (Lipinski definition) is 6. The summed E-state index contributed by atoms with van der Waals surface area (Å²) in [5, 5.41) is 6.25. The number of aromatic nitrogens is 3. The molecule has 6 nitrogen and oxygen atoms in total. The Morgan fingerprint density at radius 1 is 1.28 bits per heavy atom. The molecule has 1 amide bonds. The second kappa shape index (κ2) is 6.81. The highest BCUT2D eigenvalue weighted by atomic mass is 32.2. The van der Waals surface area contributed by atoms with Crippen molar-refractivity contribution in [1.82, 2.24) is 19.9 Å². The number of carbonyl (C=O) groups is 1. The van der Waals surface area contributed by atoms with Gasteiger partial charge < -0.3 is 5.32 Å². The number of carbonyl (C=O) groups excluding carboxylic acids is 1. The molecule has 0 saturated carbocycles. The summed E-state index contributed by atoms with van der Waals surface area (Å²) in [7, 11) is 0. The topological polar surface area (TPSA) is 76.9 Å². The van der Waals surface area contributed by atoms with Gasteiger partial charge in [0.05, 0.1) is 12.2 Å². The number of thiazole rings is 1. The predicted molar refractivity (Wildman–Crippen MR) is 97.9 cm³/mol. The van der Waals surface area contributed by atoms with Crippen LogP contribution < -0.4 is 10.9 Å². The second-order valence-corrected chi connectivity index (χ2v) is 7.37. The molecule has 4 rings (SSSR count). The summed E-state index contributed by atoms with van der Waals surface area (Å²) < 4.78 is 1.55. The lowest BCUT2D eigenvalue weighted by atomic mass is 10.2. The molecule has 3 heterocycles. The van der Waals surface area contributed by atoms with E-state index in [1.165, 1.54) is 29.3 Å². The van der Waals surface area contributed by atoms with E-state index in [-0.39, 0.29) is 17.7 Å². The summed E-state index contributed by atoms with van der Waals surface area (Å²) in [5.41, 5.74) is 1.60. The zero-order valence-electron chi connectivity index (χ0n) is 13.1. The molecule has 0 spiro atoms. The first kappa shape index (κ1) is 16.0. The van der Waals surface area contributed by atoms with Crippen LogP contribution in [-0.2, 0) is 13.1 Å². The highest BCUT2D eigenvalue weighted by Gasteiger charge is 2.20. The fraction of sp³-hybridized carbons (Fsp3) is 0.176. The van der Waals surface area contributed by atoms with Crippen LogP contribution in [0.3, 0.4) is 0 Å². The van der Waals surface area contributed by atoms with E-state index in [1.807, 2.05) is 35.7 Å². The predicted octanol–water partition coefficient (Wildman–Crippen LogP) is 2.40. The average Bonchev–Trinajstić information content (AvgIpc) is 3.30. The van der Waals surface area contributed by atoms with Gasteiger partial charge in [-0.1, -0.05) is 42.1 Å². The number of hydrogen-bond donors (Lipinski definition) is 1. The standard InChI is InChI=1S/C17H14N4O2S2/c22-14(13-9-19-17-21(16(13)23)6-7-24-17)18-8-12-10-25-15(20-12)11-4-2-1-3-5-11/h1-5,9-10H,6-8H2,(H,18,22). The molecule has 25 heavy (non-hydrogen) atoms. The van der Waals surface area contributed by atoms with Crippen molar-refractivity contribution < 1.29 is 4.79 Å². The maximum atomic E-state index is 12.3. The van der Waals surface area contributed by atoms with Gasteiger partial charge in [0.15, 0.2) is 5.16 Å². The van der Waals surface area contributed by atoms with E-state index in [1.54, 1.807) is 4.57 Å². The van der Waals surface area contributed by atoms with Gasteiger partial charge in [-0.25, -0.2) is 9.97 Å². The molecule has 1 aromatic carbocycles. The van der Waals surface area contributed by atoms with Crippen molar-refractivity contribution in [1.29, 1.82) is 0 Å². The number of benzene rings is 1. The minimum absolute atomic E-state index is 0.0739. The van der Waals surface area contributed by atoms with Gasteiger partial charge in [-0.15, -0.1) is 11.3 Å². The minimum Gasteiger partial charge on any atom is -0.346 e. The Hall–Kier alpha value is -2.45. The smallest absolute Gasteiger partial charge is 0.267 e. The summed E-state index contributed by atoms with van der Waals surface area (Å²) in [4.78, 5) is 33.4. The largest absolute Gasteiger partial charge is 0.346 e. The molecule has 1 aliphatic rings. The van der Waals surface area contributed by atoms with Crippen LogP contribution in [0.1, 0.15) is 16.1 Å². The van der Waals surface area contributed by atoms with Crippen LogP contribution in [-0.4, -0.2) is 26.2 Å². The van der Waals surface area contributed by atoms with Crippen LogP contribution in [0.15, 0.2) is 51.9 Å². The molecule has 126 valence electrons. The summed E-state index contributed by atoms with van der Waals surface area (Å²) in [6.07, 6.45) is 1.36. The zero-order chi connectivity index (χ0) is 17.2. The molecule has 2 aromatic heterocycles. The molecule has 1 N–H and O–H groups in total. The highest BCUT2D eigenvalue weighted by molar-refractivity contribution is 7.99. The Balaban J connectivity index is 1.46. The van der Waals surface area contributed by atoms with Crippen molar-refractivity contribution in [3.05, 3.63) is 63.5 Å². The molecule has 0 unspecified atom stereocenters. The van der Waals surface area contributed by atoms with Crippen LogP contribution in [0.4, 0.5) is 0 Å². The summed E-state index contributed by atoms with van der Waals surface area (Å²) in [6, 6.07) is 9.88. The van der Waals surface area contributed by atoms with E-state index in [0.717, 1.165) is 22.0 Å². The Morgan fingerprint density at radius 3 is 2.96 bits per heavy atom. The third kappa shape index (κ3) is 3.22. The molecule has 0 saturated heterocycles. The number of nitrogens with zero attached hydrogens (tertiary/aromatic N) is 3. The van der Waals surface area contributed by atoms with Crippen molar-refractivity contribution >= 4 is 29.0 Å². The number of rotatable bonds is 4. The lowest BCUT2D eigenvalue weighted by molar-refractivity contribution is 0.0947. The van der Waals surface area contributed by atoms with E-state index < -0.39 is 5.91 Å². The van der Waals surface area contributed by atoms with Crippen LogP contribution in [0, 0.1) is 0 Å². The van der Waals surface area contributed by atoms with Gasteiger partial charge >= 0.3 is 0 Å². The zero-order valence-corrected chi connectivity index (χ0v) is 14.8. The van der Waals surface area contributed by atoms with Gasteiger partial charge in [-0.05, 0) is 0 Å². The molecular formula is C17H14N4O2S2. The van der Waals surface area contributed by atoms with E-state index in [0.29, 0.717) is 11.7 Å². The quantitative estimate of drug-likeness (QED) is 0.714. The first-order valence-electron chi connectivity index (χ1n) is 7.73. The van der Waals surface area contributed by atoms with Gasteiger partial charge in [-0.2, -0.15) is 0 Å². The van der Waals surface area contributed by atoms with Crippen LogP contribution in [0.5, 0.6) is 0 Å².